The zero-order chi connectivity index (χ0) is 11.1. The number of rotatable bonds is 6. The van der Waals surface area contributed by atoms with E-state index in [2.05, 4.69) is 29.8 Å². The first-order valence-electron chi connectivity index (χ1n) is 5.60. The fraction of sp³-hybridized carbons (Fsp3) is 0.538. The Hall–Kier alpha value is -0.500. The van der Waals surface area contributed by atoms with Crippen molar-refractivity contribution in [2.75, 3.05) is 6.61 Å². The van der Waals surface area contributed by atoms with E-state index in [0.717, 1.165) is 29.2 Å². The lowest BCUT2D eigenvalue weighted by Gasteiger charge is -2.09. The van der Waals surface area contributed by atoms with Gasteiger partial charge in [-0.1, -0.05) is 42.3 Å². The molecule has 0 bridgehead atoms. The van der Waals surface area contributed by atoms with Crippen LogP contribution in [0.2, 0.25) is 0 Å². The third kappa shape index (κ3) is 5.22. The summed E-state index contributed by atoms with van der Waals surface area (Å²) in [7, 11) is 0. The van der Waals surface area contributed by atoms with Crippen molar-refractivity contribution >= 4 is 15.9 Å². The summed E-state index contributed by atoms with van der Waals surface area (Å²) in [4.78, 5) is 0. The Morgan fingerprint density at radius 2 is 2.20 bits per heavy atom. The third-order valence-electron chi connectivity index (χ3n) is 2.60. The SMILES string of the molecule is CC[C@H](C)CCCOc1cccc(Br)c1. The molecule has 15 heavy (non-hydrogen) atoms. The van der Waals surface area contributed by atoms with Crippen LogP contribution in [-0.4, -0.2) is 6.61 Å². The highest BCUT2D eigenvalue weighted by molar-refractivity contribution is 9.10. The summed E-state index contributed by atoms with van der Waals surface area (Å²) in [5.74, 6) is 1.77. The van der Waals surface area contributed by atoms with Gasteiger partial charge in [0, 0.05) is 4.47 Å². The van der Waals surface area contributed by atoms with E-state index >= 15 is 0 Å². The van der Waals surface area contributed by atoms with E-state index in [1.807, 2.05) is 24.3 Å². The summed E-state index contributed by atoms with van der Waals surface area (Å²) in [6.45, 7) is 5.35. The number of ether oxygens (including phenoxy) is 1. The molecule has 1 aromatic rings. The molecule has 0 aromatic heterocycles. The monoisotopic (exact) mass is 270 g/mol. The molecule has 0 N–H and O–H groups in total. The van der Waals surface area contributed by atoms with Crippen LogP contribution in [0.4, 0.5) is 0 Å². The first kappa shape index (κ1) is 12.6. The molecule has 0 saturated heterocycles. The average Bonchev–Trinajstić information content (AvgIpc) is 2.24. The van der Waals surface area contributed by atoms with Crippen molar-refractivity contribution in [1.29, 1.82) is 0 Å². The van der Waals surface area contributed by atoms with Gasteiger partial charge in [0.1, 0.15) is 5.75 Å². The van der Waals surface area contributed by atoms with Gasteiger partial charge in [0.05, 0.1) is 6.61 Å². The predicted molar refractivity (Wildman–Crippen MR) is 68.3 cm³/mol. The van der Waals surface area contributed by atoms with Crippen LogP contribution in [-0.2, 0) is 0 Å². The van der Waals surface area contributed by atoms with Crippen molar-refractivity contribution in [3.63, 3.8) is 0 Å². The molecule has 0 radical (unpaired) electrons. The molecule has 0 spiro atoms. The van der Waals surface area contributed by atoms with E-state index in [0.29, 0.717) is 0 Å². The molecular weight excluding hydrogens is 252 g/mol. The van der Waals surface area contributed by atoms with Crippen molar-refractivity contribution in [3.8, 4) is 5.75 Å². The van der Waals surface area contributed by atoms with Crippen LogP contribution in [0.3, 0.4) is 0 Å². The zero-order valence-electron chi connectivity index (χ0n) is 9.50. The lowest BCUT2D eigenvalue weighted by Crippen LogP contribution is -2.00. The summed E-state index contributed by atoms with van der Waals surface area (Å²) in [5, 5.41) is 0. The molecule has 1 nitrogen and oxygen atoms in total. The normalized spacial score (nSPS) is 12.5. The molecule has 1 rings (SSSR count). The Morgan fingerprint density at radius 3 is 2.87 bits per heavy atom. The molecule has 0 amide bonds. The maximum atomic E-state index is 5.65. The molecule has 1 atom stereocenters. The number of halogens is 1. The molecular formula is C13H19BrO. The van der Waals surface area contributed by atoms with Crippen LogP contribution >= 0.6 is 15.9 Å². The topological polar surface area (TPSA) is 9.23 Å². The highest BCUT2D eigenvalue weighted by atomic mass is 79.9. The minimum atomic E-state index is 0.816. The zero-order valence-corrected chi connectivity index (χ0v) is 11.1. The lowest BCUT2D eigenvalue weighted by atomic mass is 10.0. The maximum absolute atomic E-state index is 5.65. The Morgan fingerprint density at radius 1 is 1.40 bits per heavy atom. The Labute approximate surface area is 101 Å². The van der Waals surface area contributed by atoms with Gasteiger partial charge in [-0.15, -0.1) is 0 Å². The van der Waals surface area contributed by atoms with E-state index in [4.69, 9.17) is 4.74 Å². The first-order valence-corrected chi connectivity index (χ1v) is 6.40. The van der Waals surface area contributed by atoms with E-state index in [1.165, 1.54) is 12.8 Å². The van der Waals surface area contributed by atoms with Crippen molar-refractivity contribution in [2.24, 2.45) is 5.92 Å². The second-order valence-corrected chi connectivity index (χ2v) is 4.88. The van der Waals surface area contributed by atoms with Crippen LogP contribution in [0.1, 0.15) is 33.1 Å². The van der Waals surface area contributed by atoms with Gasteiger partial charge in [0.15, 0.2) is 0 Å². The van der Waals surface area contributed by atoms with Crippen LogP contribution in [0.5, 0.6) is 5.75 Å². The molecule has 0 aliphatic heterocycles. The van der Waals surface area contributed by atoms with E-state index in [-0.39, 0.29) is 0 Å². The molecule has 0 saturated carbocycles. The average molecular weight is 271 g/mol. The van der Waals surface area contributed by atoms with Crippen LogP contribution in [0, 0.1) is 5.92 Å². The van der Waals surface area contributed by atoms with Gasteiger partial charge in [-0.25, -0.2) is 0 Å². The van der Waals surface area contributed by atoms with Crippen molar-refractivity contribution in [3.05, 3.63) is 28.7 Å². The molecule has 0 aliphatic carbocycles. The highest BCUT2D eigenvalue weighted by Crippen LogP contribution is 2.18. The molecule has 0 heterocycles. The van der Waals surface area contributed by atoms with Gasteiger partial charge in [-0.3, -0.25) is 0 Å². The first-order chi connectivity index (χ1) is 7.22. The Kier molecular flexibility index (Phi) is 5.77. The molecule has 84 valence electrons. The van der Waals surface area contributed by atoms with Crippen molar-refractivity contribution < 1.29 is 4.74 Å². The van der Waals surface area contributed by atoms with Crippen molar-refractivity contribution in [2.45, 2.75) is 33.1 Å². The largest absolute Gasteiger partial charge is 0.494 e. The summed E-state index contributed by atoms with van der Waals surface area (Å²) < 4.78 is 6.72. The fourth-order valence-electron chi connectivity index (χ4n) is 1.38. The maximum Gasteiger partial charge on any atom is 0.120 e. The van der Waals surface area contributed by atoms with Gasteiger partial charge in [0.25, 0.3) is 0 Å². The number of hydrogen-bond donors (Lipinski definition) is 0. The summed E-state index contributed by atoms with van der Waals surface area (Å²) >= 11 is 3.43. The van der Waals surface area contributed by atoms with Gasteiger partial charge in [0.2, 0.25) is 0 Å². The highest BCUT2D eigenvalue weighted by Gasteiger charge is 1.99. The van der Waals surface area contributed by atoms with Gasteiger partial charge in [-0.05, 0) is 37.0 Å². The quantitative estimate of drug-likeness (QED) is 0.684. The molecule has 1 aromatic carbocycles. The molecule has 0 fully saturated rings. The second-order valence-electron chi connectivity index (χ2n) is 3.96. The summed E-state index contributed by atoms with van der Waals surface area (Å²) in [6, 6.07) is 8.00. The minimum Gasteiger partial charge on any atom is -0.494 e. The van der Waals surface area contributed by atoms with Crippen molar-refractivity contribution in [1.82, 2.24) is 0 Å². The molecule has 0 aliphatic rings. The minimum absolute atomic E-state index is 0.816. The second kappa shape index (κ2) is 6.89. The van der Waals surface area contributed by atoms with E-state index in [1.54, 1.807) is 0 Å². The Bertz CT molecular complexity index is 286. The Balaban J connectivity index is 2.20. The summed E-state index contributed by atoms with van der Waals surface area (Å²) in [6.07, 6.45) is 3.66. The number of benzene rings is 1. The smallest absolute Gasteiger partial charge is 0.120 e. The number of hydrogen-bond acceptors (Lipinski definition) is 1. The van der Waals surface area contributed by atoms with Gasteiger partial charge >= 0.3 is 0 Å². The van der Waals surface area contributed by atoms with E-state index in [9.17, 15) is 0 Å². The van der Waals surface area contributed by atoms with E-state index < -0.39 is 0 Å². The standard InChI is InChI=1S/C13H19BrO/c1-3-11(2)6-5-9-15-13-8-4-7-12(14)10-13/h4,7-8,10-11H,3,5-6,9H2,1-2H3/t11-/m0/s1. The van der Waals surface area contributed by atoms with Crippen LogP contribution in [0.15, 0.2) is 28.7 Å². The molecule has 0 unspecified atom stereocenters. The fourth-order valence-corrected chi connectivity index (χ4v) is 1.76. The van der Waals surface area contributed by atoms with Crippen LogP contribution in [0.25, 0.3) is 0 Å². The third-order valence-corrected chi connectivity index (χ3v) is 3.10. The predicted octanol–water partition coefficient (Wildman–Crippen LogP) is 4.65. The van der Waals surface area contributed by atoms with Crippen LogP contribution < -0.4 is 4.74 Å². The summed E-state index contributed by atoms with van der Waals surface area (Å²) in [5.41, 5.74) is 0. The van der Waals surface area contributed by atoms with Gasteiger partial charge in [-0.2, -0.15) is 0 Å². The van der Waals surface area contributed by atoms with Gasteiger partial charge < -0.3 is 4.74 Å². The molecule has 2 heteroatoms. The lowest BCUT2D eigenvalue weighted by molar-refractivity contribution is 0.294.